The molecule has 3 aromatic carbocycles. The Bertz CT molecular complexity index is 879. The van der Waals surface area contributed by atoms with E-state index in [1.807, 2.05) is 36.4 Å². The van der Waals surface area contributed by atoms with E-state index in [0.717, 1.165) is 11.4 Å². The lowest BCUT2D eigenvalue weighted by atomic mass is 9.95. The Morgan fingerprint density at radius 1 is 0.808 bits per heavy atom. The summed E-state index contributed by atoms with van der Waals surface area (Å²) in [5, 5.41) is 3.49. The van der Waals surface area contributed by atoms with Crippen LogP contribution in [0.15, 0.2) is 89.9 Å². The first-order valence-electron chi connectivity index (χ1n) is 8.61. The molecule has 0 saturated heterocycles. The highest BCUT2D eigenvalue weighted by molar-refractivity contribution is 5.86. The quantitative estimate of drug-likeness (QED) is 0.727. The van der Waals surface area contributed by atoms with Gasteiger partial charge in [-0.1, -0.05) is 60.7 Å². The van der Waals surface area contributed by atoms with Crippen molar-refractivity contribution in [3.8, 4) is 5.75 Å². The maximum absolute atomic E-state index is 13.0. The van der Waals surface area contributed by atoms with Gasteiger partial charge in [-0.2, -0.15) is 0 Å². The zero-order valence-electron chi connectivity index (χ0n) is 14.2. The molecule has 0 aromatic heterocycles. The number of ether oxygens (including phenoxy) is 1. The van der Waals surface area contributed by atoms with Gasteiger partial charge in [-0.3, -0.25) is 4.99 Å². The van der Waals surface area contributed by atoms with E-state index in [1.165, 1.54) is 17.7 Å². The smallest absolute Gasteiger partial charge is 0.145 e. The fourth-order valence-electron chi connectivity index (χ4n) is 3.14. The first kappa shape index (κ1) is 16.3. The first-order chi connectivity index (χ1) is 12.8. The van der Waals surface area contributed by atoms with Crippen LogP contribution in [0, 0.1) is 5.82 Å². The van der Waals surface area contributed by atoms with Gasteiger partial charge in [-0.25, -0.2) is 4.39 Å². The van der Waals surface area contributed by atoms with Crippen molar-refractivity contribution in [2.24, 2.45) is 4.99 Å². The normalized spacial score (nSPS) is 18.9. The molecule has 4 rings (SSSR count). The molecule has 1 aliphatic heterocycles. The number of hydrogen-bond donors (Lipinski definition) is 1. The van der Waals surface area contributed by atoms with Crippen LogP contribution in [0.4, 0.5) is 4.39 Å². The number of aliphatic imine (C=N–C) groups is 1. The SMILES string of the molecule is Fc1ccc(OCC2=N[C@@H](c3ccccc3)[C@@H](c3ccccc3)N2)cc1. The topological polar surface area (TPSA) is 33.6 Å². The van der Waals surface area contributed by atoms with Crippen molar-refractivity contribution in [2.75, 3.05) is 6.61 Å². The van der Waals surface area contributed by atoms with Crippen molar-refractivity contribution >= 4 is 5.84 Å². The highest BCUT2D eigenvalue weighted by Gasteiger charge is 2.31. The van der Waals surface area contributed by atoms with Crippen molar-refractivity contribution in [3.63, 3.8) is 0 Å². The molecule has 0 aliphatic carbocycles. The van der Waals surface area contributed by atoms with Gasteiger partial charge in [-0.15, -0.1) is 0 Å². The number of nitrogens with one attached hydrogen (secondary N) is 1. The molecular formula is C22H19FN2O. The first-order valence-corrected chi connectivity index (χ1v) is 8.61. The van der Waals surface area contributed by atoms with E-state index in [4.69, 9.17) is 9.73 Å². The Morgan fingerprint density at radius 2 is 1.42 bits per heavy atom. The molecule has 1 aliphatic rings. The van der Waals surface area contributed by atoms with Crippen LogP contribution in [0.5, 0.6) is 5.75 Å². The molecule has 3 nitrogen and oxygen atoms in total. The highest BCUT2D eigenvalue weighted by atomic mass is 19.1. The molecule has 3 aromatic rings. The molecule has 0 unspecified atom stereocenters. The van der Waals surface area contributed by atoms with E-state index in [9.17, 15) is 4.39 Å². The number of amidine groups is 1. The summed E-state index contributed by atoms with van der Waals surface area (Å²) in [7, 11) is 0. The maximum Gasteiger partial charge on any atom is 0.145 e. The summed E-state index contributed by atoms with van der Waals surface area (Å²) in [6, 6.07) is 26.6. The van der Waals surface area contributed by atoms with E-state index in [1.54, 1.807) is 12.1 Å². The largest absolute Gasteiger partial charge is 0.486 e. The number of hydrogen-bond acceptors (Lipinski definition) is 3. The van der Waals surface area contributed by atoms with Gasteiger partial charge in [0.2, 0.25) is 0 Å². The zero-order valence-corrected chi connectivity index (χ0v) is 14.2. The van der Waals surface area contributed by atoms with Crippen molar-refractivity contribution in [2.45, 2.75) is 12.1 Å². The fraction of sp³-hybridized carbons (Fsp3) is 0.136. The van der Waals surface area contributed by atoms with Crippen LogP contribution >= 0.6 is 0 Å². The Hall–Kier alpha value is -3.14. The summed E-state index contributed by atoms with van der Waals surface area (Å²) < 4.78 is 18.8. The number of rotatable bonds is 5. The summed E-state index contributed by atoms with van der Waals surface area (Å²) in [6.07, 6.45) is 0. The predicted molar refractivity (Wildman–Crippen MR) is 101 cm³/mol. The summed E-state index contributed by atoms with van der Waals surface area (Å²) in [5.74, 6) is 1.13. The molecule has 0 fully saturated rings. The van der Waals surface area contributed by atoms with Crippen molar-refractivity contribution < 1.29 is 9.13 Å². The van der Waals surface area contributed by atoms with Crippen LogP contribution in [0.1, 0.15) is 23.2 Å². The molecule has 0 saturated carbocycles. The Labute approximate surface area is 152 Å². The predicted octanol–water partition coefficient (Wildman–Crippen LogP) is 4.69. The Balaban J connectivity index is 1.55. The highest BCUT2D eigenvalue weighted by Crippen LogP contribution is 2.35. The molecule has 4 heteroatoms. The van der Waals surface area contributed by atoms with Crippen molar-refractivity contribution in [1.29, 1.82) is 0 Å². The van der Waals surface area contributed by atoms with Gasteiger partial charge in [0.25, 0.3) is 0 Å². The second-order valence-electron chi connectivity index (χ2n) is 6.21. The minimum atomic E-state index is -0.276. The van der Waals surface area contributed by atoms with Gasteiger partial charge in [-0.05, 0) is 35.4 Å². The molecule has 1 heterocycles. The standard InChI is InChI=1S/C22H19FN2O/c23-18-11-13-19(14-12-18)26-15-20-24-21(16-7-3-1-4-8-16)22(25-20)17-9-5-2-6-10-17/h1-14,21-22H,15H2,(H,24,25)/t21-,22+. The molecule has 0 bridgehead atoms. The molecule has 2 atom stereocenters. The number of benzene rings is 3. The maximum atomic E-state index is 13.0. The van der Waals surface area contributed by atoms with Crippen molar-refractivity contribution in [1.82, 2.24) is 5.32 Å². The molecule has 130 valence electrons. The number of nitrogens with zero attached hydrogens (tertiary/aromatic N) is 1. The van der Waals surface area contributed by atoms with Gasteiger partial charge in [0.05, 0.1) is 6.04 Å². The van der Waals surface area contributed by atoms with Gasteiger partial charge < -0.3 is 10.1 Å². The summed E-state index contributed by atoms with van der Waals surface area (Å²) in [4.78, 5) is 4.86. The van der Waals surface area contributed by atoms with E-state index >= 15 is 0 Å². The summed E-state index contributed by atoms with van der Waals surface area (Å²) >= 11 is 0. The monoisotopic (exact) mass is 346 g/mol. The van der Waals surface area contributed by atoms with E-state index in [0.29, 0.717) is 12.4 Å². The average Bonchev–Trinajstić information content (AvgIpc) is 3.13. The lowest BCUT2D eigenvalue weighted by Gasteiger charge is -2.19. The average molecular weight is 346 g/mol. The van der Waals surface area contributed by atoms with Crippen LogP contribution in [0.25, 0.3) is 0 Å². The third-order valence-electron chi connectivity index (χ3n) is 4.42. The molecular weight excluding hydrogens is 327 g/mol. The van der Waals surface area contributed by atoms with Crippen molar-refractivity contribution in [3.05, 3.63) is 102 Å². The minimum Gasteiger partial charge on any atom is -0.486 e. The molecule has 26 heavy (non-hydrogen) atoms. The Morgan fingerprint density at radius 3 is 2.08 bits per heavy atom. The van der Waals surface area contributed by atoms with Gasteiger partial charge in [0, 0.05) is 0 Å². The summed E-state index contributed by atoms with van der Waals surface area (Å²) in [6.45, 7) is 0.318. The number of halogens is 1. The van der Waals surface area contributed by atoms with Gasteiger partial charge >= 0.3 is 0 Å². The lowest BCUT2D eigenvalue weighted by molar-refractivity contribution is 0.372. The third-order valence-corrected chi connectivity index (χ3v) is 4.42. The molecule has 0 spiro atoms. The van der Waals surface area contributed by atoms with Crippen LogP contribution in [-0.4, -0.2) is 12.4 Å². The lowest BCUT2D eigenvalue weighted by Crippen LogP contribution is -2.28. The molecule has 1 N–H and O–H groups in total. The minimum absolute atomic E-state index is 0.00887. The van der Waals surface area contributed by atoms with Crippen LogP contribution < -0.4 is 10.1 Å². The third kappa shape index (κ3) is 3.59. The second kappa shape index (κ2) is 7.40. The fourth-order valence-corrected chi connectivity index (χ4v) is 3.14. The van der Waals surface area contributed by atoms with Crippen LogP contribution in [0.2, 0.25) is 0 Å². The summed E-state index contributed by atoms with van der Waals surface area (Å²) in [5.41, 5.74) is 2.34. The van der Waals surface area contributed by atoms with E-state index in [2.05, 4.69) is 29.6 Å². The van der Waals surface area contributed by atoms with E-state index < -0.39 is 0 Å². The second-order valence-corrected chi connectivity index (χ2v) is 6.21. The zero-order chi connectivity index (χ0) is 17.8. The Kier molecular flexibility index (Phi) is 4.65. The van der Waals surface area contributed by atoms with Gasteiger partial charge in [0.15, 0.2) is 0 Å². The van der Waals surface area contributed by atoms with Gasteiger partial charge in [0.1, 0.15) is 30.1 Å². The van der Waals surface area contributed by atoms with E-state index in [-0.39, 0.29) is 17.9 Å². The van der Waals surface area contributed by atoms with Crippen LogP contribution in [0.3, 0.4) is 0 Å². The van der Waals surface area contributed by atoms with Crippen LogP contribution in [-0.2, 0) is 0 Å². The molecule has 0 amide bonds. The molecule has 0 radical (unpaired) electrons.